The van der Waals surface area contributed by atoms with Gasteiger partial charge in [-0.05, 0) is 0 Å². The average Bonchev–Trinajstić information content (AvgIpc) is 1.90. The average molecular weight is 176 g/mol. The first-order valence-electron chi connectivity index (χ1n) is 4.93. The van der Waals surface area contributed by atoms with Crippen molar-refractivity contribution in [2.45, 2.75) is 46.7 Å². The molecule has 0 amide bonds. The summed E-state index contributed by atoms with van der Waals surface area (Å²) < 4.78 is 0. The van der Waals surface area contributed by atoms with Gasteiger partial charge in [-0.3, -0.25) is 0 Å². The van der Waals surface area contributed by atoms with Crippen molar-refractivity contribution in [2.24, 2.45) is 0 Å². The molecule has 70 valence electrons. The Balaban J connectivity index is 4.54. The molecule has 0 spiro atoms. The van der Waals surface area contributed by atoms with E-state index in [4.69, 9.17) is 0 Å². The fourth-order valence-corrected chi connectivity index (χ4v) is 7.02. The van der Waals surface area contributed by atoms with E-state index in [1.165, 1.54) is 18.5 Å². The van der Waals surface area contributed by atoms with Gasteiger partial charge in [0.1, 0.15) is 0 Å². The fourth-order valence-electron chi connectivity index (χ4n) is 2.34. The van der Waals surface area contributed by atoms with Gasteiger partial charge in [-0.2, -0.15) is 0 Å². The van der Waals surface area contributed by atoms with Crippen LogP contribution >= 0.6 is 7.26 Å². The zero-order chi connectivity index (χ0) is 9.12. The van der Waals surface area contributed by atoms with Crippen molar-refractivity contribution >= 4 is 7.26 Å². The van der Waals surface area contributed by atoms with Crippen LogP contribution in [0.25, 0.3) is 0 Å². The first-order valence-corrected chi connectivity index (χ1v) is 7.55. The Labute approximate surface area is 73.1 Å². The van der Waals surface area contributed by atoms with Gasteiger partial charge >= 0.3 is 72.4 Å². The Hall–Kier alpha value is 0.430. The molecule has 0 fully saturated rings. The van der Waals surface area contributed by atoms with Crippen LogP contribution in [0.5, 0.6) is 0 Å². The summed E-state index contributed by atoms with van der Waals surface area (Å²) in [5.74, 6) is 0. The zero-order valence-electron chi connectivity index (χ0n) is 9.12. The third-order valence-corrected chi connectivity index (χ3v) is 10.9. The standard InChI is InChI=1S/C10H25P/c1-7-11(8-2,9-3)10(4,5)6/h11H,7-9H2,1-6H3. The molecule has 0 radical (unpaired) electrons. The Bertz CT molecular complexity index is 98.3. The zero-order valence-corrected chi connectivity index (χ0v) is 10.1. The third kappa shape index (κ3) is 2.18. The summed E-state index contributed by atoms with van der Waals surface area (Å²) in [6.45, 7) is 14.4. The molecular formula is C10H25P. The monoisotopic (exact) mass is 176 g/mol. The molecule has 0 bridgehead atoms. The Kier molecular flexibility index (Phi) is 4.05. The molecule has 0 saturated carbocycles. The summed E-state index contributed by atoms with van der Waals surface area (Å²) in [5, 5.41) is 0.602. The van der Waals surface area contributed by atoms with Crippen molar-refractivity contribution < 1.29 is 0 Å². The fraction of sp³-hybridized carbons (Fsp3) is 1.00. The van der Waals surface area contributed by atoms with Gasteiger partial charge in [-0.1, -0.05) is 0 Å². The quantitative estimate of drug-likeness (QED) is 0.576. The van der Waals surface area contributed by atoms with Gasteiger partial charge in [0.2, 0.25) is 0 Å². The number of rotatable bonds is 3. The van der Waals surface area contributed by atoms with Gasteiger partial charge in [0.15, 0.2) is 0 Å². The second-order valence-corrected chi connectivity index (χ2v) is 10.8. The van der Waals surface area contributed by atoms with Crippen LogP contribution in [0.3, 0.4) is 0 Å². The van der Waals surface area contributed by atoms with E-state index >= 15 is 0 Å². The van der Waals surface area contributed by atoms with E-state index in [9.17, 15) is 0 Å². The molecule has 11 heavy (non-hydrogen) atoms. The molecule has 0 aliphatic rings. The van der Waals surface area contributed by atoms with Gasteiger partial charge in [0.05, 0.1) is 0 Å². The van der Waals surface area contributed by atoms with Crippen molar-refractivity contribution in [3.8, 4) is 0 Å². The van der Waals surface area contributed by atoms with E-state index in [1.807, 2.05) is 0 Å². The summed E-state index contributed by atoms with van der Waals surface area (Å²) in [6.07, 6.45) is 4.34. The van der Waals surface area contributed by atoms with E-state index in [1.54, 1.807) is 0 Å². The second-order valence-electron chi connectivity index (χ2n) is 4.59. The molecule has 0 atom stereocenters. The molecule has 0 nitrogen and oxygen atoms in total. The predicted octanol–water partition coefficient (Wildman–Crippen LogP) is 3.59. The maximum absolute atomic E-state index is 2.43. The van der Waals surface area contributed by atoms with E-state index in [-0.39, 0.29) is 0 Å². The summed E-state index contributed by atoms with van der Waals surface area (Å²) in [5.41, 5.74) is 0. The van der Waals surface area contributed by atoms with Crippen LogP contribution in [-0.4, -0.2) is 23.6 Å². The maximum atomic E-state index is 2.43. The number of hydrogen-bond donors (Lipinski definition) is 0. The molecule has 0 aliphatic heterocycles. The van der Waals surface area contributed by atoms with Crippen LogP contribution in [-0.2, 0) is 0 Å². The van der Waals surface area contributed by atoms with Gasteiger partial charge in [-0.15, -0.1) is 0 Å². The molecule has 0 aromatic heterocycles. The molecule has 0 rings (SSSR count). The van der Waals surface area contributed by atoms with Crippen molar-refractivity contribution in [3.05, 3.63) is 0 Å². The molecule has 0 heterocycles. The van der Waals surface area contributed by atoms with Gasteiger partial charge in [-0.25, -0.2) is 0 Å². The Morgan fingerprint density at radius 2 is 1.09 bits per heavy atom. The van der Waals surface area contributed by atoms with E-state index in [0.29, 0.717) is 5.16 Å². The SMILES string of the molecule is CC[PH](CC)(CC)C(C)(C)C. The minimum atomic E-state index is -0.919. The number of hydrogen-bond acceptors (Lipinski definition) is 0. The topological polar surface area (TPSA) is 0 Å². The normalized spacial score (nSPS) is 15.1. The summed E-state index contributed by atoms with van der Waals surface area (Å²) >= 11 is 0. The van der Waals surface area contributed by atoms with E-state index < -0.39 is 7.26 Å². The summed E-state index contributed by atoms with van der Waals surface area (Å²) in [6, 6.07) is 0. The molecule has 0 aromatic carbocycles. The van der Waals surface area contributed by atoms with E-state index in [0.717, 1.165) is 0 Å². The molecular weight excluding hydrogens is 151 g/mol. The summed E-state index contributed by atoms with van der Waals surface area (Å²) in [4.78, 5) is 0. The van der Waals surface area contributed by atoms with Gasteiger partial charge in [0.25, 0.3) is 0 Å². The molecule has 0 aromatic rings. The van der Waals surface area contributed by atoms with Crippen LogP contribution in [0.2, 0.25) is 0 Å². The summed E-state index contributed by atoms with van der Waals surface area (Å²) in [7, 11) is -0.919. The van der Waals surface area contributed by atoms with E-state index in [2.05, 4.69) is 41.5 Å². The second kappa shape index (κ2) is 3.90. The molecule has 0 N–H and O–H groups in total. The Morgan fingerprint density at radius 1 is 0.818 bits per heavy atom. The van der Waals surface area contributed by atoms with Crippen molar-refractivity contribution in [1.29, 1.82) is 0 Å². The van der Waals surface area contributed by atoms with Crippen LogP contribution in [0.1, 0.15) is 41.5 Å². The molecule has 1 heteroatoms. The minimum absolute atomic E-state index is 0.602. The van der Waals surface area contributed by atoms with Crippen molar-refractivity contribution in [3.63, 3.8) is 0 Å². The van der Waals surface area contributed by atoms with Crippen LogP contribution in [0.15, 0.2) is 0 Å². The van der Waals surface area contributed by atoms with Crippen LogP contribution < -0.4 is 0 Å². The van der Waals surface area contributed by atoms with Gasteiger partial charge in [0, 0.05) is 0 Å². The third-order valence-electron chi connectivity index (χ3n) is 3.62. The van der Waals surface area contributed by atoms with Crippen LogP contribution in [0, 0.1) is 0 Å². The molecule has 0 aliphatic carbocycles. The Morgan fingerprint density at radius 3 is 1.09 bits per heavy atom. The first-order chi connectivity index (χ1) is 4.93. The van der Waals surface area contributed by atoms with Crippen molar-refractivity contribution in [1.82, 2.24) is 0 Å². The first kappa shape index (κ1) is 11.4. The van der Waals surface area contributed by atoms with Crippen LogP contribution in [0.4, 0.5) is 0 Å². The molecule has 0 saturated heterocycles. The van der Waals surface area contributed by atoms with Gasteiger partial charge < -0.3 is 0 Å². The predicted molar refractivity (Wildman–Crippen MR) is 59.7 cm³/mol. The molecule has 0 unspecified atom stereocenters. The van der Waals surface area contributed by atoms with Crippen molar-refractivity contribution in [2.75, 3.05) is 18.5 Å².